The summed E-state index contributed by atoms with van der Waals surface area (Å²) in [5.41, 5.74) is 0. The van der Waals surface area contributed by atoms with Gasteiger partial charge in [-0.05, 0) is 7.05 Å². The number of hydrogen-bond donors (Lipinski definition) is 1. The van der Waals surface area contributed by atoms with Gasteiger partial charge in [0.25, 0.3) is 0 Å². The number of likely N-dealkylation sites (tertiary alicyclic amines) is 1. The molecule has 5 heteroatoms. The molecule has 0 aromatic heterocycles. The molecule has 5 nitrogen and oxygen atoms in total. The number of aliphatic hydroxyl groups excluding tert-OH is 1. The number of ether oxygens (including phenoxy) is 1. The summed E-state index contributed by atoms with van der Waals surface area (Å²) in [6.45, 7) is 0.817. The molecule has 0 aromatic rings. The van der Waals surface area contributed by atoms with Crippen molar-refractivity contribution in [3.63, 3.8) is 0 Å². The predicted octanol–water partition coefficient (Wildman–Crippen LogP) is -0.250. The Labute approximate surface area is 84.2 Å². The molecule has 0 spiro atoms. The third kappa shape index (κ3) is 2.59. The van der Waals surface area contributed by atoms with Crippen LogP contribution in [-0.4, -0.2) is 67.4 Å². The van der Waals surface area contributed by atoms with Crippen molar-refractivity contribution in [2.45, 2.75) is 18.6 Å². The van der Waals surface area contributed by atoms with E-state index in [0.717, 1.165) is 0 Å². The van der Waals surface area contributed by atoms with Crippen LogP contribution >= 0.6 is 0 Å². The minimum atomic E-state index is -0.318. The fraction of sp³-hybridized carbons (Fsp3) is 0.889. The minimum absolute atomic E-state index is 0.0907. The van der Waals surface area contributed by atoms with E-state index in [-0.39, 0.29) is 24.8 Å². The van der Waals surface area contributed by atoms with Crippen LogP contribution < -0.4 is 0 Å². The molecule has 1 amide bonds. The van der Waals surface area contributed by atoms with E-state index < -0.39 is 0 Å². The summed E-state index contributed by atoms with van der Waals surface area (Å²) < 4.78 is 5.21. The van der Waals surface area contributed by atoms with Crippen LogP contribution in [0.5, 0.6) is 0 Å². The van der Waals surface area contributed by atoms with E-state index in [9.17, 15) is 4.79 Å². The smallest absolute Gasteiger partial charge is 0.409 e. The largest absolute Gasteiger partial charge is 0.445 e. The molecule has 1 heterocycles. The third-order valence-corrected chi connectivity index (χ3v) is 2.49. The van der Waals surface area contributed by atoms with E-state index in [4.69, 9.17) is 9.84 Å². The molecule has 1 fully saturated rings. The standard InChI is InChI=1S/C9H18N2O3/c1-10(2)9(13)14-8-4-7(6-12)11(3)5-8/h7-8,12H,4-6H2,1-3H3/t7-,8+/m0/s1. The van der Waals surface area contributed by atoms with Gasteiger partial charge >= 0.3 is 6.09 Å². The Kier molecular flexibility index (Phi) is 3.71. The van der Waals surface area contributed by atoms with Crippen LogP contribution in [-0.2, 0) is 4.74 Å². The van der Waals surface area contributed by atoms with E-state index in [2.05, 4.69) is 0 Å². The Morgan fingerprint density at radius 3 is 2.71 bits per heavy atom. The minimum Gasteiger partial charge on any atom is -0.445 e. The molecule has 2 atom stereocenters. The zero-order valence-electron chi connectivity index (χ0n) is 8.93. The van der Waals surface area contributed by atoms with Gasteiger partial charge in [-0.25, -0.2) is 4.79 Å². The highest BCUT2D eigenvalue weighted by Crippen LogP contribution is 2.18. The maximum atomic E-state index is 11.2. The molecule has 1 aliphatic heterocycles. The van der Waals surface area contributed by atoms with Crippen molar-refractivity contribution in [3.05, 3.63) is 0 Å². The lowest BCUT2D eigenvalue weighted by Gasteiger charge is -2.16. The van der Waals surface area contributed by atoms with Crippen LogP contribution in [0.25, 0.3) is 0 Å². The SMILES string of the molecule is CN(C)C(=O)O[C@@H]1C[C@@H](CO)N(C)C1. The van der Waals surface area contributed by atoms with Crippen LogP contribution in [0.4, 0.5) is 4.79 Å². The van der Waals surface area contributed by atoms with E-state index in [1.165, 1.54) is 4.90 Å². The second kappa shape index (κ2) is 4.61. The second-order valence-electron chi connectivity index (χ2n) is 3.91. The van der Waals surface area contributed by atoms with Crippen molar-refractivity contribution in [3.8, 4) is 0 Å². The highest BCUT2D eigenvalue weighted by Gasteiger charge is 2.31. The molecule has 0 radical (unpaired) electrons. The first-order chi connectivity index (χ1) is 6.54. The highest BCUT2D eigenvalue weighted by atomic mass is 16.6. The van der Waals surface area contributed by atoms with E-state index in [1.54, 1.807) is 14.1 Å². The van der Waals surface area contributed by atoms with Gasteiger partial charge in [0.05, 0.1) is 6.61 Å². The van der Waals surface area contributed by atoms with Gasteiger partial charge in [0.2, 0.25) is 0 Å². The summed E-state index contributed by atoms with van der Waals surface area (Å²) in [6.07, 6.45) is 0.307. The molecule has 82 valence electrons. The monoisotopic (exact) mass is 202 g/mol. The average molecular weight is 202 g/mol. The fourth-order valence-electron chi connectivity index (χ4n) is 1.58. The van der Waals surface area contributed by atoms with Crippen molar-refractivity contribution in [2.75, 3.05) is 34.3 Å². The molecule has 1 rings (SSSR count). The zero-order valence-corrected chi connectivity index (χ0v) is 8.93. The fourth-order valence-corrected chi connectivity index (χ4v) is 1.58. The molecular formula is C9H18N2O3. The topological polar surface area (TPSA) is 53.0 Å². The van der Waals surface area contributed by atoms with Crippen molar-refractivity contribution in [1.29, 1.82) is 0 Å². The predicted molar refractivity (Wildman–Crippen MR) is 52.1 cm³/mol. The quantitative estimate of drug-likeness (QED) is 0.671. The first-order valence-electron chi connectivity index (χ1n) is 4.73. The number of likely N-dealkylation sites (N-methyl/N-ethyl adjacent to an activating group) is 1. The van der Waals surface area contributed by atoms with Crippen LogP contribution in [0, 0.1) is 0 Å². The van der Waals surface area contributed by atoms with Gasteiger partial charge in [0, 0.05) is 33.1 Å². The van der Waals surface area contributed by atoms with Gasteiger partial charge in [-0.3, -0.25) is 4.90 Å². The zero-order chi connectivity index (χ0) is 10.7. The molecule has 0 saturated carbocycles. The first-order valence-corrected chi connectivity index (χ1v) is 4.73. The Morgan fingerprint density at radius 1 is 1.64 bits per heavy atom. The molecule has 14 heavy (non-hydrogen) atoms. The van der Waals surface area contributed by atoms with Crippen molar-refractivity contribution >= 4 is 6.09 Å². The maximum absolute atomic E-state index is 11.2. The second-order valence-corrected chi connectivity index (χ2v) is 3.91. The molecule has 0 aromatic carbocycles. The van der Waals surface area contributed by atoms with Crippen LogP contribution in [0.1, 0.15) is 6.42 Å². The molecule has 1 aliphatic rings. The van der Waals surface area contributed by atoms with Gasteiger partial charge in [-0.1, -0.05) is 0 Å². The Morgan fingerprint density at radius 2 is 2.29 bits per heavy atom. The summed E-state index contributed by atoms with van der Waals surface area (Å²) in [4.78, 5) is 14.6. The van der Waals surface area contributed by atoms with E-state index in [1.807, 2.05) is 11.9 Å². The molecular weight excluding hydrogens is 184 g/mol. The van der Waals surface area contributed by atoms with Gasteiger partial charge in [0.15, 0.2) is 0 Å². The average Bonchev–Trinajstić information content (AvgIpc) is 2.45. The number of nitrogens with zero attached hydrogens (tertiary/aromatic N) is 2. The molecule has 0 bridgehead atoms. The number of carbonyl (C=O) groups is 1. The maximum Gasteiger partial charge on any atom is 0.409 e. The van der Waals surface area contributed by atoms with Crippen molar-refractivity contribution in [1.82, 2.24) is 9.80 Å². The van der Waals surface area contributed by atoms with Gasteiger partial charge < -0.3 is 14.7 Å². The van der Waals surface area contributed by atoms with Crippen molar-refractivity contribution < 1.29 is 14.6 Å². The van der Waals surface area contributed by atoms with E-state index >= 15 is 0 Å². The lowest BCUT2D eigenvalue weighted by molar-refractivity contribution is 0.0788. The lowest BCUT2D eigenvalue weighted by atomic mass is 10.2. The lowest BCUT2D eigenvalue weighted by Crippen LogP contribution is -2.30. The summed E-state index contributed by atoms with van der Waals surface area (Å²) in [6, 6.07) is 0.120. The normalized spacial score (nSPS) is 27.7. The molecule has 0 aliphatic carbocycles. The Hall–Kier alpha value is -0.810. The molecule has 0 unspecified atom stereocenters. The van der Waals surface area contributed by atoms with E-state index in [0.29, 0.717) is 13.0 Å². The Bertz CT molecular complexity index is 208. The van der Waals surface area contributed by atoms with Gasteiger partial charge in [-0.2, -0.15) is 0 Å². The van der Waals surface area contributed by atoms with Crippen molar-refractivity contribution in [2.24, 2.45) is 0 Å². The highest BCUT2D eigenvalue weighted by molar-refractivity contribution is 5.67. The number of amides is 1. The van der Waals surface area contributed by atoms with Crippen LogP contribution in [0.3, 0.4) is 0 Å². The summed E-state index contributed by atoms with van der Waals surface area (Å²) in [5.74, 6) is 0. The Balaban J connectivity index is 2.38. The third-order valence-electron chi connectivity index (χ3n) is 2.49. The summed E-state index contributed by atoms with van der Waals surface area (Å²) in [7, 11) is 5.24. The molecule has 1 N–H and O–H groups in total. The number of aliphatic hydroxyl groups is 1. The van der Waals surface area contributed by atoms with Crippen LogP contribution in [0.2, 0.25) is 0 Å². The van der Waals surface area contributed by atoms with Crippen LogP contribution in [0.15, 0.2) is 0 Å². The summed E-state index contributed by atoms with van der Waals surface area (Å²) in [5, 5.41) is 9.00. The number of carbonyl (C=O) groups excluding carboxylic acids is 1. The van der Waals surface area contributed by atoms with Gasteiger partial charge in [0.1, 0.15) is 6.10 Å². The van der Waals surface area contributed by atoms with Gasteiger partial charge in [-0.15, -0.1) is 0 Å². The molecule has 1 saturated heterocycles. The first kappa shape index (κ1) is 11.3. The number of hydrogen-bond acceptors (Lipinski definition) is 4. The number of rotatable bonds is 2. The summed E-state index contributed by atoms with van der Waals surface area (Å²) >= 11 is 0.